The van der Waals surface area contributed by atoms with Gasteiger partial charge in [-0.15, -0.1) is 0 Å². The number of benzene rings is 2. The predicted molar refractivity (Wildman–Crippen MR) is 247 cm³/mol. The summed E-state index contributed by atoms with van der Waals surface area (Å²) in [7, 11) is -3.04. The average Bonchev–Trinajstić information content (AvgIpc) is 3.52. The number of hydrogen-bond donors (Lipinski definition) is 0. The van der Waals surface area contributed by atoms with Crippen LogP contribution >= 0.6 is 0 Å². The minimum absolute atomic E-state index is 0.0661. The van der Waals surface area contributed by atoms with E-state index in [-0.39, 0.29) is 40.3 Å². The van der Waals surface area contributed by atoms with E-state index in [9.17, 15) is 14.4 Å². The zero-order valence-corrected chi connectivity index (χ0v) is 41.1. The first-order valence-corrected chi connectivity index (χ1v) is 25.7. The molecule has 4 aliphatic rings. The van der Waals surface area contributed by atoms with Crippen molar-refractivity contribution >= 4 is 36.6 Å². The number of rotatable bonds is 12. The molecular formula is C53H80O7Si. The van der Waals surface area contributed by atoms with E-state index in [1.807, 2.05) is 60.6 Å². The summed E-state index contributed by atoms with van der Waals surface area (Å²) in [4.78, 5) is 41.2. The highest BCUT2D eigenvalue weighted by atomic mass is 28.4. The van der Waals surface area contributed by atoms with Gasteiger partial charge in [-0.2, -0.15) is 0 Å². The van der Waals surface area contributed by atoms with Gasteiger partial charge in [-0.25, -0.2) is 0 Å². The molecule has 4 saturated carbocycles. The lowest BCUT2D eigenvalue weighted by Gasteiger charge is -2.61. The van der Waals surface area contributed by atoms with E-state index >= 15 is 0 Å². The second-order valence-electron chi connectivity index (χ2n) is 23.4. The molecule has 2 aromatic carbocycles. The van der Waals surface area contributed by atoms with Crippen LogP contribution < -0.4 is 10.4 Å². The summed E-state index contributed by atoms with van der Waals surface area (Å²) >= 11 is 0. The van der Waals surface area contributed by atoms with E-state index in [4.69, 9.17) is 18.6 Å². The first-order chi connectivity index (χ1) is 28.4. The third-order valence-corrected chi connectivity index (χ3v) is 21.2. The molecule has 6 unspecified atom stereocenters. The molecule has 0 amide bonds. The molecule has 11 atom stereocenters. The standard InChI is InChI=1S/C53H80O7Si/c1-35(32-46(54)58-49(3,4)5)43-26-27-44-41-25-24-37-33-38(28-30-52(37,12)45(41)29-31-53(43,44)13)57-48(56)42(34-47(55)59-50(6,7)8)36(2)60-61(51(9,10)11,39-20-16-14-17-21-39)40-22-18-15-19-23-40/h14-23,35-38,41-45H,24-34H2,1-13H3/t35-,36?,37?,38-,41?,42+,43?,44?,45?,52+,53-/m1/s1. The zero-order chi connectivity index (χ0) is 44.8. The second-order valence-corrected chi connectivity index (χ2v) is 27.6. The van der Waals surface area contributed by atoms with Crippen LogP contribution in [0.1, 0.15) is 161 Å². The van der Waals surface area contributed by atoms with Crippen LogP contribution in [-0.2, 0) is 33.0 Å². The minimum atomic E-state index is -3.04. The summed E-state index contributed by atoms with van der Waals surface area (Å²) in [5.41, 5.74) is -0.672. The Balaban J connectivity index is 1.18. The molecule has 338 valence electrons. The summed E-state index contributed by atoms with van der Waals surface area (Å²) in [6, 6.07) is 20.9. The Bertz CT molecular complexity index is 1780. The highest BCUT2D eigenvalue weighted by Crippen LogP contribution is 2.68. The van der Waals surface area contributed by atoms with E-state index in [0.717, 1.165) is 36.1 Å². The molecule has 4 aliphatic carbocycles. The van der Waals surface area contributed by atoms with Crippen LogP contribution in [0.2, 0.25) is 5.04 Å². The van der Waals surface area contributed by atoms with Gasteiger partial charge in [0.25, 0.3) is 8.32 Å². The maximum absolute atomic E-state index is 14.7. The molecule has 4 fully saturated rings. The fraction of sp³-hybridized carbons (Fsp3) is 0.717. The first kappa shape index (κ1) is 47.5. The quantitative estimate of drug-likeness (QED) is 0.119. The van der Waals surface area contributed by atoms with Gasteiger partial charge < -0.3 is 18.6 Å². The highest BCUT2D eigenvalue weighted by molar-refractivity contribution is 6.99. The van der Waals surface area contributed by atoms with E-state index in [1.54, 1.807) is 0 Å². The van der Waals surface area contributed by atoms with Crippen molar-refractivity contribution in [2.45, 2.75) is 189 Å². The maximum Gasteiger partial charge on any atom is 0.312 e. The van der Waals surface area contributed by atoms with Crippen molar-refractivity contribution in [1.29, 1.82) is 0 Å². The third-order valence-electron chi connectivity index (χ3n) is 16.0. The van der Waals surface area contributed by atoms with Crippen LogP contribution in [0.15, 0.2) is 60.7 Å². The Morgan fingerprint density at radius 1 is 0.672 bits per heavy atom. The Morgan fingerprint density at radius 2 is 1.20 bits per heavy atom. The van der Waals surface area contributed by atoms with Crippen LogP contribution in [-0.4, -0.2) is 49.6 Å². The molecule has 0 aliphatic heterocycles. The van der Waals surface area contributed by atoms with Crippen molar-refractivity contribution < 1.29 is 33.0 Å². The minimum Gasteiger partial charge on any atom is -0.462 e. The maximum atomic E-state index is 14.7. The molecular weight excluding hydrogens is 777 g/mol. The molecule has 8 heteroatoms. The summed E-state index contributed by atoms with van der Waals surface area (Å²) < 4.78 is 25.6. The van der Waals surface area contributed by atoms with Gasteiger partial charge in [0.05, 0.1) is 18.4 Å². The van der Waals surface area contributed by atoms with Crippen molar-refractivity contribution in [2.24, 2.45) is 52.3 Å². The Kier molecular flexibility index (Phi) is 13.9. The lowest BCUT2D eigenvalue weighted by Crippen LogP contribution is -2.68. The van der Waals surface area contributed by atoms with E-state index < -0.39 is 37.5 Å². The van der Waals surface area contributed by atoms with Crippen molar-refractivity contribution in [3.05, 3.63) is 60.7 Å². The van der Waals surface area contributed by atoms with E-state index in [2.05, 4.69) is 90.1 Å². The third kappa shape index (κ3) is 10.1. The normalized spacial score (nSPS) is 30.8. The van der Waals surface area contributed by atoms with Crippen LogP contribution in [0.4, 0.5) is 0 Å². The van der Waals surface area contributed by atoms with Gasteiger partial charge in [0.1, 0.15) is 17.3 Å². The number of carbonyl (C=O) groups excluding carboxylic acids is 3. The molecule has 0 spiro atoms. The summed E-state index contributed by atoms with van der Waals surface area (Å²) in [6.07, 6.45) is 9.64. The lowest BCUT2D eigenvalue weighted by atomic mass is 9.44. The number of fused-ring (bicyclic) bond motifs is 5. The topological polar surface area (TPSA) is 88.1 Å². The summed E-state index contributed by atoms with van der Waals surface area (Å²) in [6.45, 7) is 27.5. The van der Waals surface area contributed by atoms with Crippen LogP contribution in [0.5, 0.6) is 0 Å². The van der Waals surface area contributed by atoms with Crippen molar-refractivity contribution in [1.82, 2.24) is 0 Å². The predicted octanol–water partition coefficient (Wildman–Crippen LogP) is 11.2. The molecule has 2 aromatic rings. The average molecular weight is 857 g/mol. The molecule has 0 bridgehead atoms. The van der Waals surface area contributed by atoms with Gasteiger partial charge in [0.2, 0.25) is 0 Å². The van der Waals surface area contributed by atoms with Gasteiger partial charge in [-0.05, 0) is 168 Å². The van der Waals surface area contributed by atoms with Crippen molar-refractivity contribution in [3.8, 4) is 0 Å². The zero-order valence-electron chi connectivity index (χ0n) is 40.1. The molecule has 0 radical (unpaired) electrons. The number of carbonyl (C=O) groups is 3. The molecule has 61 heavy (non-hydrogen) atoms. The van der Waals surface area contributed by atoms with Crippen molar-refractivity contribution in [3.63, 3.8) is 0 Å². The summed E-state index contributed by atoms with van der Waals surface area (Å²) in [5, 5.41) is 1.95. The molecule has 0 N–H and O–H groups in total. The van der Waals surface area contributed by atoms with Gasteiger partial charge >= 0.3 is 17.9 Å². The molecule has 0 heterocycles. The van der Waals surface area contributed by atoms with Gasteiger partial charge in [-0.3, -0.25) is 14.4 Å². The van der Waals surface area contributed by atoms with Crippen LogP contribution in [0, 0.1) is 52.3 Å². The van der Waals surface area contributed by atoms with E-state index in [0.29, 0.717) is 41.9 Å². The second kappa shape index (κ2) is 17.9. The van der Waals surface area contributed by atoms with Crippen molar-refractivity contribution in [2.75, 3.05) is 0 Å². The lowest BCUT2D eigenvalue weighted by molar-refractivity contribution is -0.174. The molecule has 0 saturated heterocycles. The fourth-order valence-corrected chi connectivity index (χ4v) is 18.1. The van der Waals surface area contributed by atoms with Crippen LogP contribution in [0.3, 0.4) is 0 Å². The SMILES string of the molecule is CC(O[Si](c1ccccc1)(c1ccccc1)C(C)(C)C)[C@H](CC(=O)OC(C)(C)C)C(=O)O[C@@H]1CC[C@@]2(C)C(CCC3C2CC[C@@]2(C)C3CCC2[C@H](C)CC(=O)OC(C)(C)C)C1. The van der Waals surface area contributed by atoms with Gasteiger partial charge in [-0.1, -0.05) is 102 Å². The molecule has 6 rings (SSSR count). The fourth-order valence-electron chi connectivity index (χ4n) is 13.4. The van der Waals surface area contributed by atoms with Gasteiger partial charge in [0, 0.05) is 6.42 Å². The highest BCUT2D eigenvalue weighted by Gasteiger charge is 2.61. The van der Waals surface area contributed by atoms with E-state index in [1.165, 1.54) is 32.1 Å². The molecule has 7 nitrogen and oxygen atoms in total. The summed E-state index contributed by atoms with van der Waals surface area (Å²) in [5.74, 6) is 1.74. The van der Waals surface area contributed by atoms with Crippen LogP contribution in [0.25, 0.3) is 0 Å². The number of hydrogen-bond acceptors (Lipinski definition) is 7. The number of esters is 3. The largest absolute Gasteiger partial charge is 0.462 e. The smallest absolute Gasteiger partial charge is 0.312 e. The Morgan fingerprint density at radius 3 is 1.74 bits per heavy atom. The first-order valence-electron chi connectivity index (χ1n) is 23.8. The number of ether oxygens (including phenoxy) is 3. The Labute approximate surface area is 370 Å². The monoisotopic (exact) mass is 857 g/mol. The molecule has 0 aromatic heterocycles. The van der Waals surface area contributed by atoms with Gasteiger partial charge in [0.15, 0.2) is 0 Å². The Hall–Kier alpha value is -2.97.